The first-order chi connectivity index (χ1) is 15.9. The number of nitrogens with zero attached hydrogens (tertiary/aromatic N) is 1. The Labute approximate surface area is 192 Å². The zero-order valence-electron chi connectivity index (χ0n) is 18.5. The highest BCUT2D eigenvalue weighted by Gasteiger charge is 2.51. The largest absolute Gasteiger partial charge is 0.455 e. The molecule has 0 unspecified atom stereocenters. The minimum absolute atomic E-state index is 0.368. The minimum Gasteiger partial charge on any atom is -0.455 e. The lowest BCUT2D eigenvalue weighted by Gasteiger charge is -2.25. The number of ether oxygens (including phenoxy) is 1. The van der Waals surface area contributed by atoms with E-state index >= 15 is 0 Å². The van der Waals surface area contributed by atoms with Crippen LogP contribution < -0.4 is 15.4 Å². The summed E-state index contributed by atoms with van der Waals surface area (Å²) in [4.78, 5) is 39.7. The second kappa shape index (κ2) is 9.16. The van der Waals surface area contributed by atoms with Crippen LogP contribution in [-0.4, -0.2) is 29.3 Å². The zero-order valence-corrected chi connectivity index (χ0v) is 18.5. The number of carbonyl (C=O) groups excluding carboxylic acids is 3. The second-order valence-corrected chi connectivity index (χ2v) is 7.91. The maximum absolute atomic E-state index is 13.2. The number of para-hydroxylation sites is 2. The summed E-state index contributed by atoms with van der Waals surface area (Å²) < 4.78 is 5.94. The molecular weight excluding hydrogens is 418 g/mol. The first-order valence-corrected chi connectivity index (χ1v) is 10.8. The summed E-state index contributed by atoms with van der Waals surface area (Å²) in [5.41, 5.74) is 1.00. The van der Waals surface area contributed by atoms with Gasteiger partial charge < -0.3 is 15.4 Å². The lowest BCUT2D eigenvalue weighted by Crippen LogP contribution is -2.44. The lowest BCUT2D eigenvalue weighted by atomic mass is 9.87. The second-order valence-electron chi connectivity index (χ2n) is 7.91. The van der Waals surface area contributed by atoms with Crippen molar-refractivity contribution in [3.8, 4) is 11.5 Å². The molecule has 0 saturated carbocycles. The standard InChI is InChI=1S/C26H25N3O4/c1-3-26(19-11-5-4-6-12-19)24(31)29(25(32)28-26)17-23(30)27-21-14-7-8-15-22(21)33-20-13-9-10-18(2)16-20/h4-16H,3,17H2,1-2H3,(H,27,30)(H,28,32)/t26-/m1/s1. The van der Waals surface area contributed by atoms with Gasteiger partial charge in [-0.25, -0.2) is 4.79 Å². The molecule has 7 nitrogen and oxygen atoms in total. The maximum Gasteiger partial charge on any atom is 0.325 e. The van der Waals surface area contributed by atoms with Gasteiger partial charge in [0.05, 0.1) is 5.69 Å². The number of urea groups is 1. The van der Waals surface area contributed by atoms with Gasteiger partial charge in [-0.1, -0.05) is 61.5 Å². The van der Waals surface area contributed by atoms with E-state index in [-0.39, 0.29) is 0 Å². The molecule has 1 atom stereocenters. The molecule has 0 radical (unpaired) electrons. The van der Waals surface area contributed by atoms with Crippen LogP contribution in [0.15, 0.2) is 78.9 Å². The number of anilines is 1. The van der Waals surface area contributed by atoms with Gasteiger partial charge in [0.15, 0.2) is 5.75 Å². The van der Waals surface area contributed by atoms with Gasteiger partial charge in [0.25, 0.3) is 5.91 Å². The molecule has 0 spiro atoms. The van der Waals surface area contributed by atoms with Crippen LogP contribution in [0.4, 0.5) is 10.5 Å². The van der Waals surface area contributed by atoms with Crippen molar-refractivity contribution in [3.05, 3.63) is 90.0 Å². The highest BCUT2D eigenvalue weighted by Crippen LogP contribution is 2.33. The maximum atomic E-state index is 13.2. The number of carbonyl (C=O) groups is 3. The molecule has 1 fully saturated rings. The Bertz CT molecular complexity index is 1190. The summed E-state index contributed by atoms with van der Waals surface area (Å²) >= 11 is 0. The van der Waals surface area contributed by atoms with Crippen LogP contribution in [0.25, 0.3) is 0 Å². The normalized spacial score (nSPS) is 17.6. The van der Waals surface area contributed by atoms with Crippen molar-refractivity contribution in [2.45, 2.75) is 25.8 Å². The van der Waals surface area contributed by atoms with Crippen LogP contribution in [0.1, 0.15) is 24.5 Å². The Morgan fingerprint density at radius 3 is 2.45 bits per heavy atom. The average molecular weight is 444 g/mol. The molecule has 3 aromatic rings. The number of nitrogens with one attached hydrogen (secondary N) is 2. The monoisotopic (exact) mass is 443 g/mol. The Balaban J connectivity index is 1.50. The third-order valence-corrected chi connectivity index (χ3v) is 5.65. The van der Waals surface area contributed by atoms with Crippen LogP contribution in [0, 0.1) is 6.92 Å². The van der Waals surface area contributed by atoms with E-state index in [4.69, 9.17) is 4.74 Å². The van der Waals surface area contributed by atoms with Gasteiger partial charge in [0, 0.05) is 0 Å². The number of hydrogen-bond acceptors (Lipinski definition) is 4. The van der Waals surface area contributed by atoms with Gasteiger partial charge in [-0.2, -0.15) is 0 Å². The predicted octanol–water partition coefficient (Wildman–Crippen LogP) is 4.58. The quantitative estimate of drug-likeness (QED) is 0.523. The van der Waals surface area contributed by atoms with E-state index in [0.29, 0.717) is 29.2 Å². The number of benzene rings is 3. The molecule has 33 heavy (non-hydrogen) atoms. The van der Waals surface area contributed by atoms with Gasteiger partial charge in [-0.15, -0.1) is 0 Å². The Kier molecular flexibility index (Phi) is 6.13. The van der Waals surface area contributed by atoms with E-state index in [1.807, 2.05) is 56.3 Å². The summed E-state index contributed by atoms with van der Waals surface area (Å²) in [5, 5.41) is 5.55. The third-order valence-electron chi connectivity index (χ3n) is 5.65. The van der Waals surface area contributed by atoms with Crippen molar-refractivity contribution in [1.29, 1.82) is 0 Å². The van der Waals surface area contributed by atoms with Crippen LogP contribution in [0.5, 0.6) is 11.5 Å². The molecule has 1 aliphatic rings. The van der Waals surface area contributed by atoms with Crippen LogP contribution >= 0.6 is 0 Å². The molecule has 1 aliphatic heterocycles. The summed E-state index contributed by atoms with van der Waals surface area (Å²) in [6, 6.07) is 23.0. The Morgan fingerprint density at radius 1 is 1.00 bits per heavy atom. The smallest absolute Gasteiger partial charge is 0.325 e. The number of imide groups is 1. The number of aryl methyl sites for hydroxylation is 1. The molecule has 0 aliphatic carbocycles. The van der Waals surface area contributed by atoms with E-state index in [9.17, 15) is 14.4 Å². The summed E-state index contributed by atoms with van der Waals surface area (Å²) in [6.45, 7) is 3.39. The van der Waals surface area contributed by atoms with E-state index in [0.717, 1.165) is 10.5 Å². The molecule has 168 valence electrons. The fourth-order valence-corrected chi connectivity index (χ4v) is 3.93. The van der Waals surface area contributed by atoms with Crippen LogP contribution in [0.2, 0.25) is 0 Å². The molecule has 4 rings (SSSR count). The SMILES string of the molecule is CC[C@]1(c2ccccc2)NC(=O)N(CC(=O)Nc2ccccc2Oc2cccc(C)c2)C1=O. The van der Waals surface area contributed by atoms with Crippen molar-refractivity contribution in [3.63, 3.8) is 0 Å². The van der Waals surface area contributed by atoms with Crippen molar-refractivity contribution in [2.24, 2.45) is 0 Å². The molecular formula is C26H25N3O4. The molecule has 1 saturated heterocycles. The first kappa shape index (κ1) is 22.1. The summed E-state index contributed by atoms with van der Waals surface area (Å²) in [7, 11) is 0. The van der Waals surface area contributed by atoms with E-state index in [1.165, 1.54) is 0 Å². The predicted molar refractivity (Wildman–Crippen MR) is 125 cm³/mol. The number of amides is 4. The Morgan fingerprint density at radius 2 is 1.73 bits per heavy atom. The van der Waals surface area contributed by atoms with Crippen LogP contribution in [0.3, 0.4) is 0 Å². The van der Waals surface area contributed by atoms with Crippen molar-refractivity contribution < 1.29 is 19.1 Å². The van der Waals surface area contributed by atoms with Gasteiger partial charge in [0.1, 0.15) is 17.8 Å². The fraction of sp³-hybridized carbons (Fsp3) is 0.192. The van der Waals surface area contributed by atoms with E-state index in [1.54, 1.807) is 36.4 Å². The topological polar surface area (TPSA) is 87.7 Å². The zero-order chi connectivity index (χ0) is 23.4. The minimum atomic E-state index is -1.18. The Hall–Kier alpha value is -4.13. The molecule has 2 N–H and O–H groups in total. The van der Waals surface area contributed by atoms with Gasteiger partial charge >= 0.3 is 6.03 Å². The average Bonchev–Trinajstić information content (AvgIpc) is 3.06. The molecule has 0 bridgehead atoms. The van der Waals surface area contributed by atoms with Gasteiger partial charge in [0.2, 0.25) is 5.91 Å². The van der Waals surface area contributed by atoms with Crippen molar-refractivity contribution in [2.75, 3.05) is 11.9 Å². The van der Waals surface area contributed by atoms with Crippen molar-refractivity contribution >= 4 is 23.5 Å². The molecule has 7 heteroatoms. The highest BCUT2D eigenvalue weighted by atomic mass is 16.5. The third kappa shape index (κ3) is 4.43. The van der Waals surface area contributed by atoms with E-state index < -0.39 is 29.9 Å². The van der Waals surface area contributed by atoms with Crippen LogP contribution in [-0.2, 0) is 15.1 Å². The number of hydrogen-bond donors (Lipinski definition) is 2. The lowest BCUT2D eigenvalue weighted by molar-refractivity contribution is -0.134. The molecule has 0 aromatic heterocycles. The van der Waals surface area contributed by atoms with Crippen molar-refractivity contribution in [1.82, 2.24) is 10.2 Å². The first-order valence-electron chi connectivity index (χ1n) is 10.8. The van der Waals surface area contributed by atoms with E-state index in [2.05, 4.69) is 10.6 Å². The molecule has 1 heterocycles. The molecule has 4 amide bonds. The summed E-state index contributed by atoms with van der Waals surface area (Å²) in [5.74, 6) is 0.154. The summed E-state index contributed by atoms with van der Waals surface area (Å²) in [6.07, 6.45) is 0.368. The van der Waals surface area contributed by atoms with Gasteiger partial charge in [-0.3, -0.25) is 14.5 Å². The molecule has 3 aromatic carbocycles. The highest BCUT2D eigenvalue weighted by molar-refractivity contribution is 6.10. The number of rotatable bonds is 7. The fourth-order valence-electron chi connectivity index (χ4n) is 3.93. The van der Waals surface area contributed by atoms with Gasteiger partial charge in [-0.05, 0) is 48.7 Å².